The summed E-state index contributed by atoms with van der Waals surface area (Å²) in [5.41, 5.74) is 0. The summed E-state index contributed by atoms with van der Waals surface area (Å²) in [5, 5.41) is 9.63. The van der Waals surface area contributed by atoms with E-state index in [4.69, 9.17) is 8.83 Å². The molecular formula is C10H10O3. The van der Waals surface area contributed by atoms with Crippen molar-refractivity contribution in [1.82, 2.24) is 0 Å². The van der Waals surface area contributed by atoms with Gasteiger partial charge in [0.05, 0.1) is 12.5 Å². The maximum absolute atomic E-state index is 9.63. The van der Waals surface area contributed by atoms with Gasteiger partial charge in [-0.25, -0.2) is 0 Å². The molecule has 1 atom stereocenters. The second-order valence-electron chi connectivity index (χ2n) is 2.81. The maximum atomic E-state index is 9.63. The lowest BCUT2D eigenvalue weighted by Crippen LogP contribution is -1.98. The molecule has 0 spiro atoms. The van der Waals surface area contributed by atoms with Crippen molar-refractivity contribution in [2.24, 2.45) is 0 Å². The SMILES string of the molecule is OC(Cc1ccco1)c1ccco1. The summed E-state index contributed by atoms with van der Waals surface area (Å²) in [5.74, 6) is 1.32. The molecule has 3 nitrogen and oxygen atoms in total. The molecule has 1 N–H and O–H groups in total. The van der Waals surface area contributed by atoms with Crippen molar-refractivity contribution >= 4 is 0 Å². The standard InChI is InChI=1S/C10H10O3/c11-9(10-4-2-6-13-10)7-8-3-1-5-12-8/h1-6,9,11H,7H2. The van der Waals surface area contributed by atoms with Gasteiger partial charge in [0, 0.05) is 6.42 Å². The molecule has 68 valence electrons. The lowest BCUT2D eigenvalue weighted by atomic mass is 10.2. The third-order valence-electron chi connectivity index (χ3n) is 1.85. The average Bonchev–Trinajstić information content (AvgIpc) is 2.74. The molecule has 0 radical (unpaired) electrons. The van der Waals surface area contributed by atoms with Crippen LogP contribution >= 0.6 is 0 Å². The molecule has 1 unspecified atom stereocenters. The molecule has 0 aliphatic carbocycles. The maximum Gasteiger partial charge on any atom is 0.132 e. The van der Waals surface area contributed by atoms with Crippen LogP contribution in [0.5, 0.6) is 0 Å². The molecule has 2 heterocycles. The van der Waals surface area contributed by atoms with Gasteiger partial charge in [0.1, 0.15) is 17.6 Å². The zero-order chi connectivity index (χ0) is 9.10. The topological polar surface area (TPSA) is 46.5 Å². The van der Waals surface area contributed by atoms with E-state index in [-0.39, 0.29) is 0 Å². The predicted molar refractivity (Wildman–Crippen MR) is 46.1 cm³/mol. The summed E-state index contributed by atoms with van der Waals surface area (Å²) < 4.78 is 10.2. The van der Waals surface area contributed by atoms with E-state index < -0.39 is 6.10 Å². The zero-order valence-electron chi connectivity index (χ0n) is 7.01. The molecule has 13 heavy (non-hydrogen) atoms. The van der Waals surface area contributed by atoms with Crippen LogP contribution in [0.3, 0.4) is 0 Å². The van der Waals surface area contributed by atoms with Crippen LogP contribution in [0.1, 0.15) is 17.6 Å². The average molecular weight is 178 g/mol. The third kappa shape index (κ3) is 1.81. The Hall–Kier alpha value is -1.48. The summed E-state index contributed by atoms with van der Waals surface area (Å²) in [4.78, 5) is 0. The van der Waals surface area contributed by atoms with Gasteiger partial charge in [-0.3, -0.25) is 0 Å². The molecule has 0 fully saturated rings. The first-order valence-corrected chi connectivity index (χ1v) is 4.10. The third-order valence-corrected chi connectivity index (χ3v) is 1.85. The lowest BCUT2D eigenvalue weighted by molar-refractivity contribution is 0.143. The molecule has 2 aromatic heterocycles. The normalized spacial score (nSPS) is 13.0. The fourth-order valence-electron chi connectivity index (χ4n) is 1.20. The monoisotopic (exact) mass is 178 g/mol. The summed E-state index contributed by atoms with van der Waals surface area (Å²) >= 11 is 0. The molecule has 2 aromatic rings. The van der Waals surface area contributed by atoms with E-state index in [1.165, 1.54) is 0 Å². The fourth-order valence-corrected chi connectivity index (χ4v) is 1.20. The lowest BCUT2D eigenvalue weighted by Gasteiger charge is -2.04. The number of aliphatic hydroxyl groups excluding tert-OH is 1. The highest BCUT2D eigenvalue weighted by atomic mass is 16.4. The Kier molecular flexibility index (Phi) is 2.19. The van der Waals surface area contributed by atoms with Crippen molar-refractivity contribution in [2.45, 2.75) is 12.5 Å². The fraction of sp³-hybridized carbons (Fsp3) is 0.200. The van der Waals surface area contributed by atoms with E-state index in [2.05, 4.69) is 0 Å². The summed E-state index contributed by atoms with van der Waals surface area (Å²) in [6.45, 7) is 0. The molecule has 0 amide bonds. The number of aliphatic hydroxyl groups is 1. The Balaban J connectivity index is 2.04. The zero-order valence-corrected chi connectivity index (χ0v) is 7.01. The van der Waals surface area contributed by atoms with Crippen molar-refractivity contribution in [3.8, 4) is 0 Å². The Morgan fingerprint density at radius 2 is 1.92 bits per heavy atom. The van der Waals surface area contributed by atoms with Gasteiger partial charge < -0.3 is 13.9 Å². The molecular weight excluding hydrogens is 168 g/mol. The van der Waals surface area contributed by atoms with Gasteiger partial charge in [-0.15, -0.1) is 0 Å². The van der Waals surface area contributed by atoms with E-state index in [1.54, 1.807) is 30.7 Å². The molecule has 0 saturated carbocycles. The van der Waals surface area contributed by atoms with Crippen LogP contribution in [0.25, 0.3) is 0 Å². The molecule has 3 heteroatoms. The smallest absolute Gasteiger partial charge is 0.132 e. The van der Waals surface area contributed by atoms with Crippen molar-refractivity contribution in [3.05, 3.63) is 48.3 Å². The van der Waals surface area contributed by atoms with Crippen LogP contribution in [0.2, 0.25) is 0 Å². The van der Waals surface area contributed by atoms with Gasteiger partial charge in [-0.05, 0) is 24.3 Å². The second kappa shape index (κ2) is 3.49. The van der Waals surface area contributed by atoms with Gasteiger partial charge in [-0.2, -0.15) is 0 Å². The molecule has 2 rings (SSSR count). The highest BCUT2D eigenvalue weighted by molar-refractivity contribution is 5.07. The van der Waals surface area contributed by atoms with Crippen molar-refractivity contribution < 1.29 is 13.9 Å². The summed E-state index contributed by atoms with van der Waals surface area (Å²) in [7, 11) is 0. The minimum Gasteiger partial charge on any atom is -0.469 e. The van der Waals surface area contributed by atoms with Crippen LogP contribution in [-0.2, 0) is 6.42 Å². The number of furan rings is 2. The van der Waals surface area contributed by atoms with Gasteiger partial charge in [-0.1, -0.05) is 0 Å². The summed E-state index contributed by atoms with van der Waals surface area (Å²) in [6, 6.07) is 7.12. The Bertz CT molecular complexity index is 334. The molecule has 0 saturated heterocycles. The van der Waals surface area contributed by atoms with Crippen LogP contribution in [0.15, 0.2) is 45.6 Å². The van der Waals surface area contributed by atoms with E-state index in [9.17, 15) is 5.11 Å². The molecule has 0 aromatic carbocycles. The van der Waals surface area contributed by atoms with Crippen molar-refractivity contribution in [2.75, 3.05) is 0 Å². The van der Waals surface area contributed by atoms with Crippen molar-refractivity contribution in [1.29, 1.82) is 0 Å². The largest absolute Gasteiger partial charge is 0.469 e. The minimum atomic E-state index is -0.624. The van der Waals surface area contributed by atoms with Crippen LogP contribution < -0.4 is 0 Å². The van der Waals surface area contributed by atoms with Crippen LogP contribution in [-0.4, -0.2) is 5.11 Å². The van der Waals surface area contributed by atoms with Crippen LogP contribution in [0.4, 0.5) is 0 Å². The number of rotatable bonds is 3. The highest BCUT2D eigenvalue weighted by Gasteiger charge is 2.12. The second-order valence-corrected chi connectivity index (χ2v) is 2.81. The highest BCUT2D eigenvalue weighted by Crippen LogP contribution is 2.18. The predicted octanol–water partition coefficient (Wildman–Crippen LogP) is 2.15. The number of hydrogen-bond donors (Lipinski definition) is 1. The first kappa shape index (κ1) is 8.13. The molecule has 0 aliphatic heterocycles. The van der Waals surface area contributed by atoms with E-state index in [1.807, 2.05) is 6.07 Å². The quantitative estimate of drug-likeness (QED) is 0.783. The van der Waals surface area contributed by atoms with Crippen molar-refractivity contribution in [3.63, 3.8) is 0 Å². The van der Waals surface area contributed by atoms with E-state index in [0.29, 0.717) is 12.2 Å². The van der Waals surface area contributed by atoms with E-state index in [0.717, 1.165) is 5.76 Å². The van der Waals surface area contributed by atoms with Gasteiger partial charge >= 0.3 is 0 Å². The first-order chi connectivity index (χ1) is 6.36. The Labute approximate surface area is 75.6 Å². The van der Waals surface area contributed by atoms with Crippen LogP contribution in [0, 0.1) is 0 Å². The van der Waals surface area contributed by atoms with Gasteiger partial charge in [0.2, 0.25) is 0 Å². The minimum absolute atomic E-state index is 0.445. The Morgan fingerprint density at radius 1 is 1.15 bits per heavy atom. The molecule has 0 bridgehead atoms. The Morgan fingerprint density at radius 3 is 2.54 bits per heavy atom. The first-order valence-electron chi connectivity index (χ1n) is 4.10. The van der Waals surface area contributed by atoms with Gasteiger partial charge in [0.25, 0.3) is 0 Å². The van der Waals surface area contributed by atoms with Gasteiger partial charge in [0.15, 0.2) is 0 Å². The summed E-state index contributed by atoms with van der Waals surface area (Å²) in [6.07, 6.45) is 2.95. The molecule has 0 aliphatic rings. The number of hydrogen-bond acceptors (Lipinski definition) is 3. The van der Waals surface area contributed by atoms with E-state index >= 15 is 0 Å².